The van der Waals surface area contributed by atoms with Crippen molar-refractivity contribution < 1.29 is 17.9 Å². The van der Waals surface area contributed by atoms with Crippen LogP contribution in [0.25, 0.3) is 0 Å². The first kappa shape index (κ1) is 19.9. The molecule has 23 heavy (non-hydrogen) atoms. The van der Waals surface area contributed by atoms with Crippen molar-refractivity contribution in [3.05, 3.63) is 35.4 Å². The molecule has 1 heterocycles. The molecule has 1 saturated heterocycles. The van der Waals surface area contributed by atoms with Crippen molar-refractivity contribution in [2.24, 2.45) is 5.92 Å². The molecule has 2 rings (SSSR count). The Morgan fingerprint density at radius 1 is 1.39 bits per heavy atom. The van der Waals surface area contributed by atoms with Crippen LogP contribution in [0.5, 0.6) is 0 Å². The zero-order chi connectivity index (χ0) is 16.2. The fourth-order valence-electron chi connectivity index (χ4n) is 2.58. The molecule has 1 aromatic rings. The van der Waals surface area contributed by atoms with Crippen LogP contribution in [0.4, 0.5) is 0 Å². The molecular formula is C15H23ClN2O4S. The van der Waals surface area contributed by atoms with E-state index in [4.69, 9.17) is 4.74 Å². The standard InChI is InChI=1S/C15H22N2O4S.ClH/c1-11-7-8-16-9-14(11)17-22(19,20)10-12-5-3-4-6-13(12)15(18)21-2;/h3-6,11,14,16-17H,7-10H2,1-2H3;1H. The number of esters is 1. The fraction of sp³-hybridized carbons (Fsp3) is 0.533. The molecule has 1 aliphatic heterocycles. The number of carbonyl (C=O) groups is 1. The van der Waals surface area contributed by atoms with Gasteiger partial charge in [0.15, 0.2) is 0 Å². The summed E-state index contributed by atoms with van der Waals surface area (Å²) in [4.78, 5) is 11.7. The third-order valence-corrected chi connectivity index (χ3v) is 5.28. The van der Waals surface area contributed by atoms with E-state index in [1.165, 1.54) is 7.11 Å². The molecule has 0 bridgehead atoms. The lowest BCUT2D eigenvalue weighted by atomic mass is 9.96. The Bertz CT molecular complexity index is 636. The summed E-state index contributed by atoms with van der Waals surface area (Å²) in [7, 11) is -2.25. The van der Waals surface area contributed by atoms with E-state index in [2.05, 4.69) is 10.0 Å². The number of hydrogen-bond donors (Lipinski definition) is 2. The second-order valence-corrected chi connectivity index (χ2v) is 7.36. The molecule has 0 aromatic heterocycles. The lowest BCUT2D eigenvalue weighted by molar-refractivity contribution is 0.0600. The van der Waals surface area contributed by atoms with Gasteiger partial charge in [0.05, 0.1) is 18.4 Å². The van der Waals surface area contributed by atoms with Gasteiger partial charge >= 0.3 is 5.97 Å². The highest BCUT2D eigenvalue weighted by atomic mass is 35.5. The van der Waals surface area contributed by atoms with E-state index in [-0.39, 0.29) is 35.7 Å². The van der Waals surface area contributed by atoms with E-state index >= 15 is 0 Å². The van der Waals surface area contributed by atoms with E-state index in [0.29, 0.717) is 12.1 Å². The molecule has 1 aromatic carbocycles. The zero-order valence-electron chi connectivity index (χ0n) is 13.2. The minimum Gasteiger partial charge on any atom is -0.465 e. The lowest BCUT2D eigenvalue weighted by Gasteiger charge is -2.30. The van der Waals surface area contributed by atoms with Crippen LogP contribution < -0.4 is 10.0 Å². The number of hydrogen-bond acceptors (Lipinski definition) is 5. The quantitative estimate of drug-likeness (QED) is 0.771. The minimum atomic E-state index is -3.53. The van der Waals surface area contributed by atoms with Crippen LogP contribution >= 0.6 is 12.4 Å². The normalized spacial score (nSPS) is 21.3. The van der Waals surface area contributed by atoms with Gasteiger partial charge < -0.3 is 10.1 Å². The molecule has 0 aliphatic carbocycles. The van der Waals surface area contributed by atoms with E-state index < -0.39 is 16.0 Å². The largest absolute Gasteiger partial charge is 0.465 e. The van der Waals surface area contributed by atoms with E-state index in [1.807, 2.05) is 6.92 Å². The molecule has 2 unspecified atom stereocenters. The van der Waals surface area contributed by atoms with Gasteiger partial charge in [-0.15, -0.1) is 12.4 Å². The monoisotopic (exact) mass is 362 g/mol. The Labute approximate surface area is 143 Å². The molecule has 130 valence electrons. The Morgan fingerprint density at radius 2 is 2.09 bits per heavy atom. The molecule has 1 fully saturated rings. The number of piperidine rings is 1. The molecule has 2 N–H and O–H groups in total. The molecule has 0 spiro atoms. The number of ether oxygens (including phenoxy) is 1. The van der Waals surface area contributed by atoms with Crippen molar-refractivity contribution in [3.8, 4) is 0 Å². The summed E-state index contributed by atoms with van der Waals surface area (Å²) in [6, 6.07) is 6.48. The maximum atomic E-state index is 12.4. The first-order valence-electron chi connectivity index (χ1n) is 7.30. The number of methoxy groups -OCH3 is 1. The minimum absolute atomic E-state index is 0. The third kappa shape index (κ3) is 5.46. The molecule has 2 atom stereocenters. The average molecular weight is 363 g/mol. The van der Waals surface area contributed by atoms with Crippen LogP contribution in [0, 0.1) is 5.92 Å². The summed E-state index contributed by atoms with van der Waals surface area (Å²) in [6.07, 6.45) is 0.936. The number of sulfonamides is 1. The first-order valence-corrected chi connectivity index (χ1v) is 8.95. The topological polar surface area (TPSA) is 84.5 Å². The van der Waals surface area contributed by atoms with Crippen molar-refractivity contribution in [2.75, 3.05) is 20.2 Å². The Morgan fingerprint density at radius 3 is 2.74 bits per heavy atom. The van der Waals surface area contributed by atoms with Gasteiger partial charge in [0.25, 0.3) is 0 Å². The summed E-state index contributed by atoms with van der Waals surface area (Å²) in [5.74, 6) is -0.480. The second-order valence-electron chi connectivity index (χ2n) is 5.60. The van der Waals surface area contributed by atoms with Crippen LogP contribution in [0.15, 0.2) is 24.3 Å². The molecule has 1 aliphatic rings. The number of nitrogens with one attached hydrogen (secondary N) is 2. The van der Waals surface area contributed by atoms with Gasteiger partial charge in [0, 0.05) is 12.6 Å². The summed E-state index contributed by atoms with van der Waals surface area (Å²) in [5.41, 5.74) is 0.725. The molecule has 6 nitrogen and oxygen atoms in total. The van der Waals surface area contributed by atoms with Crippen molar-refractivity contribution in [3.63, 3.8) is 0 Å². The molecule has 0 saturated carbocycles. The number of carbonyl (C=O) groups excluding carboxylic acids is 1. The fourth-order valence-corrected chi connectivity index (χ4v) is 4.10. The highest BCUT2D eigenvalue weighted by molar-refractivity contribution is 7.88. The third-order valence-electron chi connectivity index (χ3n) is 3.93. The number of benzene rings is 1. The highest BCUT2D eigenvalue weighted by Crippen LogP contribution is 2.16. The maximum absolute atomic E-state index is 12.4. The van der Waals surface area contributed by atoms with Gasteiger partial charge in [-0.3, -0.25) is 0 Å². The van der Waals surface area contributed by atoms with Crippen LogP contribution in [0.2, 0.25) is 0 Å². The van der Waals surface area contributed by atoms with Crippen molar-refractivity contribution in [1.29, 1.82) is 0 Å². The van der Waals surface area contributed by atoms with E-state index in [9.17, 15) is 13.2 Å². The van der Waals surface area contributed by atoms with Crippen LogP contribution in [0.1, 0.15) is 29.3 Å². The van der Waals surface area contributed by atoms with Gasteiger partial charge in [-0.05, 0) is 30.5 Å². The van der Waals surface area contributed by atoms with E-state index in [1.54, 1.807) is 24.3 Å². The number of rotatable bonds is 5. The first-order chi connectivity index (χ1) is 10.4. The average Bonchev–Trinajstić information content (AvgIpc) is 2.49. The second kappa shape index (κ2) is 8.63. The summed E-state index contributed by atoms with van der Waals surface area (Å²) in [6.45, 7) is 3.57. The van der Waals surface area contributed by atoms with Gasteiger partial charge in [-0.1, -0.05) is 25.1 Å². The smallest absolute Gasteiger partial charge is 0.338 e. The predicted molar refractivity (Wildman–Crippen MR) is 91.2 cm³/mol. The van der Waals surface area contributed by atoms with Crippen molar-refractivity contribution >= 4 is 28.4 Å². The summed E-state index contributed by atoms with van der Waals surface area (Å²) < 4.78 is 32.2. The van der Waals surface area contributed by atoms with Crippen LogP contribution in [-0.2, 0) is 20.5 Å². The van der Waals surface area contributed by atoms with Gasteiger partial charge in [0.1, 0.15) is 0 Å². The van der Waals surface area contributed by atoms with Gasteiger partial charge in [-0.2, -0.15) is 0 Å². The molecule has 8 heteroatoms. The highest BCUT2D eigenvalue weighted by Gasteiger charge is 2.26. The van der Waals surface area contributed by atoms with Crippen molar-refractivity contribution in [2.45, 2.75) is 25.1 Å². The SMILES string of the molecule is COC(=O)c1ccccc1CS(=O)(=O)NC1CNCCC1C.Cl. The molecule has 0 radical (unpaired) electrons. The van der Waals surface area contributed by atoms with E-state index in [0.717, 1.165) is 13.0 Å². The summed E-state index contributed by atoms with van der Waals surface area (Å²) in [5, 5.41) is 3.19. The molecular weight excluding hydrogens is 340 g/mol. The Hall–Kier alpha value is -1.15. The van der Waals surface area contributed by atoms with Crippen LogP contribution in [0.3, 0.4) is 0 Å². The Kier molecular flexibility index (Phi) is 7.47. The molecule has 0 amide bonds. The van der Waals surface area contributed by atoms with Gasteiger partial charge in [-0.25, -0.2) is 17.9 Å². The van der Waals surface area contributed by atoms with Gasteiger partial charge in [0.2, 0.25) is 10.0 Å². The summed E-state index contributed by atoms with van der Waals surface area (Å²) >= 11 is 0. The number of halogens is 1. The maximum Gasteiger partial charge on any atom is 0.338 e. The Balaban J connectivity index is 0.00000264. The lowest BCUT2D eigenvalue weighted by Crippen LogP contribution is -2.50. The predicted octanol–water partition coefficient (Wildman–Crippen LogP) is 1.31. The van der Waals surface area contributed by atoms with Crippen molar-refractivity contribution in [1.82, 2.24) is 10.0 Å². The zero-order valence-corrected chi connectivity index (χ0v) is 14.9. The van der Waals surface area contributed by atoms with Crippen LogP contribution in [-0.4, -0.2) is 40.6 Å².